The molecule has 2 heterocycles. The second kappa shape index (κ2) is 8.90. The Morgan fingerprint density at radius 2 is 1.78 bits per heavy atom. The second-order valence-electron chi connectivity index (χ2n) is 10.7. The third kappa shape index (κ3) is 4.37. The number of nitrogens with zero attached hydrogens (tertiary/aromatic N) is 2. The van der Waals surface area contributed by atoms with Gasteiger partial charge in [-0.05, 0) is 47.7 Å². The summed E-state index contributed by atoms with van der Waals surface area (Å²) in [5.74, 6) is 0.252. The van der Waals surface area contributed by atoms with Gasteiger partial charge in [-0.15, -0.1) is 0 Å². The number of carbonyl (C=O) groups excluding carboxylic acids is 3. The van der Waals surface area contributed by atoms with Gasteiger partial charge in [-0.3, -0.25) is 14.4 Å². The number of fused-ring (bicyclic) bond motifs is 3. The van der Waals surface area contributed by atoms with Crippen LogP contribution in [0.25, 0.3) is 0 Å². The maximum absolute atomic E-state index is 13.1. The van der Waals surface area contributed by atoms with Crippen molar-refractivity contribution in [3.63, 3.8) is 0 Å². The summed E-state index contributed by atoms with van der Waals surface area (Å²) in [6, 6.07) is 19.3. The molecule has 1 spiro atoms. The molecular formula is C29H30N4O3. The molecule has 184 valence electrons. The van der Waals surface area contributed by atoms with E-state index in [0.717, 1.165) is 22.3 Å². The van der Waals surface area contributed by atoms with Gasteiger partial charge in [0.2, 0.25) is 17.7 Å². The molecule has 7 nitrogen and oxygen atoms in total. The van der Waals surface area contributed by atoms with Crippen LogP contribution in [0.3, 0.4) is 0 Å². The number of carbonyl (C=O) groups is 3. The van der Waals surface area contributed by atoms with Crippen LogP contribution < -0.4 is 10.6 Å². The molecule has 0 radical (unpaired) electrons. The minimum Gasteiger partial charge on any atom is -0.329 e. The highest BCUT2D eigenvalue weighted by Gasteiger charge is 2.51. The Labute approximate surface area is 210 Å². The number of amides is 3. The average molecular weight is 483 g/mol. The number of hydrogen-bond donors (Lipinski definition) is 2. The van der Waals surface area contributed by atoms with E-state index in [-0.39, 0.29) is 24.3 Å². The second-order valence-corrected chi connectivity index (χ2v) is 10.7. The van der Waals surface area contributed by atoms with Crippen molar-refractivity contribution in [1.29, 1.82) is 0 Å². The van der Waals surface area contributed by atoms with Crippen LogP contribution in [0.5, 0.6) is 0 Å². The summed E-state index contributed by atoms with van der Waals surface area (Å²) in [5, 5.41) is 5.88. The van der Waals surface area contributed by atoms with Gasteiger partial charge in [0.15, 0.2) is 0 Å². The lowest BCUT2D eigenvalue weighted by Crippen LogP contribution is -2.43. The van der Waals surface area contributed by atoms with Gasteiger partial charge in [-0.1, -0.05) is 63.2 Å². The van der Waals surface area contributed by atoms with Crippen LogP contribution in [-0.4, -0.2) is 34.2 Å². The highest BCUT2D eigenvalue weighted by Crippen LogP contribution is 2.46. The largest absolute Gasteiger partial charge is 0.329 e. The van der Waals surface area contributed by atoms with Crippen LogP contribution >= 0.6 is 0 Å². The molecular weight excluding hydrogens is 452 g/mol. The van der Waals surface area contributed by atoms with E-state index >= 15 is 0 Å². The molecule has 1 atom stereocenters. The average Bonchev–Trinajstić information content (AvgIpc) is 3.35. The number of rotatable bonds is 5. The van der Waals surface area contributed by atoms with Crippen LogP contribution in [0.1, 0.15) is 43.0 Å². The lowest BCUT2D eigenvalue weighted by atomic mass is 9.79. The summed E-state index contributed by atoms with van der Waals surface area (Å²) in [4.78, 5) is 45.0. The Balaban J connectivity index is 1.32. The van der Waals surface area contributed by atoms with E-state index in [0.29, 0.717) is 30.9 Å². The van der Waals surface area contributed by atoms with Gasteiger partial charge >= 0.3 is 0 Å². The van der Waals surface area contributed by atoms with Crippen molar-refractivity contribution in [2.45, 2.75) is 45.6 Å². The van der Waals surface area contributed by atoms with Gasteiger partial charge in [0.05, 0.1) is 5.41 Å². The maximum atomic E-state index is 13.1. The molecule has 2 aliphatic rings. The van der Waals surface area contributed by atoms with Crippen molar-refractivity contribution in [1.82, 2.24) is 9.88 Å². The van der Waals surface area contributed by atoms with E-state index in [9.17, 15) is 14.4 Å². The van der Waals surface area contributed by atoms with Gasteiger partial charge in [-0.25, -0.2) is 4.98 Å². The molecule has 1 aromatic heterocycles. The summed E-state index contributed by atoms with van der Waals surface area (Å²) in [5.41, 5.74) is 3.41. The number of hydrogen-bond acceptors (Lipinski definition) is 4. The molecule has 1 unspecified atom stereocenters. The minimum absolute atomic E-state index is 0.0322. The third-order valence-corrected chi connectivity index (χ3v) is 6.94. The Morgan fingerprint density at radius 1 is 1.03 bits per heavy atom. The summed E-state index contributed by atoms with van der Waals surface area (Å²) in [7, 11) is 0. The third-order valence-electron chi connectivity index (χ3n) is 6.94. The van der Waals surface area contributed by atoms with Crippen molar-refractivity contribution in [3.05, 3.63) is 89.1 Å². The quantitative estimate of drug-likeness (QED) is 0.573. The Kier molecular flexibility index (Phi) is 5.86. The van der Waals surface area contributed by atoms with E-state index in [1.165, 1.54) is 0 Å². The Bertz CT molecular complexity index is 1350. The summed E-state index contributed by atoms with van der Waals surface area (Å²) < 4.78 is 0. The van der Waals surface area contributed by atoms with E-state index in [2.05, 4.69) is 15.6 Å². The highest BCUT2D eigenvalue weighted by atomic mass is 16.2. The number of aromatic nitrogens is 1. The van der Waals surface area contributed by atoms with Crippen molar-refractivity contribution in [3.8, 4) is 0 Å². The number of nitrogens with one attached hydrogen (secondary N) is 2. The Hall–Kier alpha value is -4.00. The van der Waals surface area contributed by atoms with E-state index in [1.54, 1.807) is 11.1 Å². The fourth-order valence-electron chi connectivity index (χ4n) is 5.20. The zero-order valence-corrected chi connectivity index (χ0v) is 20.8. The standard InChI is InChI=1S/C29H30N4O3/c1-28(2,3)27(36)33(17-19-8-5-4-6-9-19)18-24(34)31-22-12-11-20-15-29(16-21(20)14-22)23-10-7-13-30-25(23)32-26(29)35/h4-14H,15-18H2,1-3H3,(H,31,34)(H,30,32,35). The van der Waals surface area contributed by atoms with Gasteiger partial charge < -0.3 is 15.5 Å². The van der Waals surface area contributed by atoms with Gasteiger partial charge in [-0.2, -0.15) is 0 Å². The van der Waals surface area contributed by atoms with Gasteiger partial charge in [0.1, 0.15) is 12.4 Å². The number of benzene rings is 2. The fraction of sp³-hybridized carbons (Fsp3) is 0.310. The molecule has 1 aliphatic heterocycles. The summed E-state index contributed by atoms with van der Waals surface area (Å²) in [6.07, 6.45) is 2.84. The topological polar surface area (TPSA) is 91.4 Å². The van der Waals surface area contributed by atoms with Crippen molar-refractivity contribution < 1.29 is 14.4 Å². The molecule has 0 saturated heterocycles. The first-order valence-corrected chi connectivity index (χ1v) is 12.2. The van der Waals surface area contributed by atoms with Crippen LogP contribution in [-0.2, 0) is 39.2 Å². The molecule has 1 aliphatic carbocycles. The van der Waals surface area contributed by atoms with E-state index in [4.69, 9.17) is 0 Å². The lowest BCUT2D eigenvalue weighted by molar-refractivity contribution is -0.142. The predicted molar refractivity (Wildman–Crippen MR) is 138 cm³/mol. The molecule has 0 fully saturated rings. The minimum atomic E-state index is -0.653. The first kappa shape index (κ1) is 23.7. The smallest absolute Gasteiger partial charge is 0.244 e. The number of pyridine rings is 1. The van der Waals surface area contributed by atoms with Gasteiger partial charge in [0, 0.05) is 29.4 Å². The highest BCUT2D eigenvalue weighted by molar-refractivity contribution is 6.06. The van der Waals surface area contributed by atoms with Gasteiger partial charge in [0.25, 0.3) is 0 Å². The van der Waals surface area contributed by atoms with E-state index in [1.807, 2.05) is 81.4 Å². The van der Waals surface area contributed by atoms with Crippen LogP contribution in [0.4, 0.5) is 11.5 Å². The number of anilines is 2. The molecule has 7 heteroatoms. The molecule has 3 amide bonds. The zero-order chi connectivity index (χ0) is 25.5. The molecule has 3 aromatic rings. The summed E-state index contributed by atoms with van der Waals surface area (Å²) >= 11 is 0. The van der Waals surface area contributed by atoms with Crippen LogP contribution in [0.2, 0.25) is 0 Å². The fourth-order valence-corrected chi connectivity index (χ4v) is 5.20. The predicted octanol–water partition coefficient (Wildman–Crippen LogP) is 4.08. The monoisotopic (exact) mass is 482 g/mol. The Morgan fingerprint density at radius 3 is 2.53 bits per heavy atom. The van der Waals surface area contributed by atoms with Crippen LogP contribution in [0, 0.1) is 5.41 Å². The van der Waals surface area contributed by atoms with Crippen molar-refractivity contribution in [2.75, 3.05) is 17.2 Å². The van der Waals surface area contributed by atoms with Crippen molar-refractivity contribution >= 4 is 29.2 Å². The first-order valence-electron chi connectivity index (χ1n) is 12.2. The van der Waals surface area contributed by atoms with E-state index < -0.39 is 10.8 Å². The molecule has 0 bridgehead atoms. The first-order chi connectivity index (χ1) is 17.2. The normalized spacial score (nSPS) is 17.9. The van der Waals surface area contributed by atoms with Crippen molar-refractivity contribution in [2.24, 2.45) is 5.41 Å². The zero-order valence-electron chi connectivity index (χ0n) is 20.8. The molecule has 36 heavy (non-hydrogen) atoms. The van der Waals surface area contributed by atoms with Crippen LogP contribution in [0.15, 0.2) is 66.9 Å². The molecule has 2 aromatic carbocycles. The SMILES string of the molecule is CC(C)(C)C(=O)N(CC(=O)Nc1ccc2c(c1)CC1(C2)C(=O)Nc2ncccc21)Cc1ccccc1. The molecule has 5 rings (SSSR count). The summed E-state index contributed by atoms with van der Waals surface area (Å²) in [6.45, 7) is 5.88. The molecule has 0 saturated carbocycles. The maximum Gasteiger partial charge on any atom is 0.244 e. The lowest BCUT2D eigenvalue weighted by Gasteiger charge is -2.29. The molecule has 2 N–H and O–H groups in total.